The van der Waals surface area contributed by atoms with Gasteiger partial charge in [-0.1, -0.05) is 24.6 Å². The summed E-state index contributed by atoms with van der Waals surface area (Å²) in [6.45, 7) is 3.43. The van der Waals surface area contributed by atoms with Crippen molar-refractivity contribution in [3.05, 3.63) is 69.8 Å². The van der Waals surface area contributed by atoms with Crippen LogP contribution in [0, 0.1) is 18.3 Å². The van der Waals surface area contributed by atoms with Gasteiger partial charge in [-0.05, 0) is 98.6 Å². The smallest absolute Gasteiger partial charge is 0.309 e. The van der Waals surface area contributed by atoms with Gasteiger partial charge in [-0.25, -0.2) is 0 Å². The summed E-state index contributed by atoms with van der Waals surface area (Å²) in [5.74, 6) is 0.0438. The summed E-state index contributed by atoms with van der Waals surface area (Å²) < 4.78 is 0. The third kappa shape index (κ3) is 5.55. The molecule has 1 amide bonds. The van der Waals surface area contributed by atoms with Gasteiger partial charge < -0.3 is 10.0 Å². The lowest BCUT2D eigenvalue weighted by atomic mass is 9.76. The molecule has 7 nitrogen and oxygen atoms in total. The van der Waals surface area contributed by atoms with Gasteiger partial charge >= 0.3 is 5.97 Å². The minimum absolute atomic E-state index is 0.0616. The van der Waals surface area contributed by atoms with E-state index >= 15 is 0 Å². The quantitative estimate of drug-likeness (QED) is 0.518. The highest BCUT2D eigenvalue weighted by Crippen LogP contribution is 2.40. The number of carbonyl (C=O) groups is 2. The summed E-state index contributed by atoms with van der Waals surface area (Å²) in [4.78, 5) is 26.9. The highest BCUT2D eigenvalue weighted by atomic mass is 16.4. The number of hydrogen-bond donors (Lipinski definition) is 1. The lowest BCUT2D eigenvalue weighted by Gasteiger charge is -2.33. The van der Waals surface area contributed by atoms with E-state index in [9.17, 15) is 9.59 Å². The molecule has 0 aromatic heterocycles. The highest BCUT2D eigenvalue weighted by molar-refractivity contribution is 6.07. The van der Waals surface area contributed by atoms with Crippen LogP contribution < -0.4 is 0 Å². The third-order valence-corrected chi connectivity index (χ3v) is 8.32. The van der Waals surface area contributed by atoms with Crippen LogP contribution in [0.25, 0.3) is 0 Å². The van der Waals surface area contributed by atoms with E-state index in [0.29, 0.717) is 42.6 Å². The van der Waals surface area contributed by atoms with Gasteiger partial charge in [0.1, 0.15) is 0 Å². The number of amides is 1. The third-order valence-electron chi connectivity index (χ3n) is 8.32. The summed E-state index contributed by atoms with van der Waals surface area (Å²) in [7, 11) is 0. The van der Waals surface area contributed by atoms with Crippen LogP contribution in [-0.2, 0) is 4.79 Å². The molecule has 7 heteroatoms. The van der Waals surface area contributed by atoms with Crippen molar-refractivity contribution in [2.75, 3.05) is 13.1 Å². The Hall–Kier alpha value is -3.79. The van der Waals surface area contributed by atoms with Crippen molar-refractivity contribution < 1.29 is 14.7 Å². The Kier molecular flexibility index (Phi) is 7.69. The summed E-state index contributed by atoms with van der Waals surface area (Å²) in [5, 5.41) is 27.1. The minimum Gasteiger partial charge on any atom is -0.481 e. The molecule has 2 aromatic rings. The zero-order valence-corrected chi connectivity index (χ0v) is 21.9. The Morgan fingerprint density at radius 1 is 1.00 bits per heavy atom. The summed E-state index contributed by atoms with van der Waals surface area (Å²) in [6.07, 6.45) is 7.37. The van der Waals surface area contributed by atoms with Crippen LogP contribution in [0.1, 0.15) is 108 Å². The van der Waals surface area contributed by atoms with Gasteiger partial charge in [0.25, 0.3) is 5.91 Å². The Labute approximate surface area is 223 Å². The fourth-order valence-corrected chi connectivity index (χ4v) is 5.86. The first-order chi connectivity index (χ1) is 18.4. The molecule has 2 heterocycles. The van der Waals surface area contributed by atoms with E-state index < -0.39 is 5.97 Å². The molecule has 0 spiro atoms. The molecule has 3 aliphatic rings. The molecule has 2 aliphatic heterocycles. The monoisotopic (exact) mass is 510 g/mol. The molecular formula is C31H34N4O3. The van der Waals surface area contributed by atoms with E-state index in [1.807, 2.05) is 42.2 Å². The lowest BCUT2D eigenvalue weighted by Crippen LogP contribution is -2.38. The maximum atomic E-state index is 13.7. The van der Waals surface area contributed by atoms with Gasteiger partial charge in [0, 0.05) is 24.2 Å². The number of benzene rings is 2. The molecule has 0 bridgehead atoms. The summed E-state index contributed by atoms with van der Waals surface area (Å²) in [5.41, 5.74) is 7.35. The molecule has 2 aromatic carbocycles. The van der Waals surface area contributed by atoms with E-state index in [4.69, 9.17) is 10.4 Å². The van der Waals surface area contributed by atoms with E-state index in [-0.39, 0.29) is 12.3 Å². The van der Waals surface area contributed by atoms with Crippen molar-refractivity contribution in [2.24, 2.45) is 10.2 Å². The van der Waals surface area contributed by atoms with Crippen molar-refractivity contribution in [1.82, 2.24) is 4.90 Å². The fraction of sp³-hybridized carbons (Fsp3) is 0.452. The Morgan fingerprint density at radius 2 is 1.74 bits per heavy atom. The molecule has 1 N–H and O–H groups in total. The Balaban J connectivity index is 1.38. The highest BCUT2D eigenvalue weighted by Gasteiger charge is 2.29. The van der Waals surface area contributed by atoms with Crippen LogP contribution >= 0.6 is 0 Å². The maximum absolute atomic E-state index is 13.7. The van der Waals surface area contributed by atoms with Crippen molar-refractivity contribution in [2.45, 2.75) is 76.5 Å². The number of nitrogens with zero attached hydrogens (tertiary/aromatic N) is 4. The number of carboxylic acid groups (broad SMARTS) is 1. The zero-order valence-electron chi connectivity index (χ0n) is 21.9. The average molecular weight is 511 g/mol. The largest absolute Gasteiger partial charge is 0.481 e. The summed E-state index contributed by atoms with van der Waals surface area (Å²) >= 11 is 0. The van der Waals surface area contributed by atoms with Crippen molar-refractivity contribution in [3.8, 4) is 6.07 Å². The van der Waals surface area contributed by atoms with Gasteiger partial charge in [0.15, 0.2) is 0 Å². The lowest BCUT2D eigenvalue weighted by molar-refractivity contribution is -0.135. The van der Waals surface area contributed by atoms with Gasteiger partial charge in [-0.2, -0.15) is 15.5 Å². The van der Waals surface area contributed by atoms with Gasteiger partial charge in [0.2, 0.25) is 0 Å². The SMILES string of the molecule is Cc1cc(C2CCC2)c(C2=NN=C(CC(=O)O)CCC2)cc1C(=O)N1CCC(c2ccc(C#N)cc2)CC1. The zero-order chi connectivity index (χ0) is 26.6. The first-order valence-electron chi connectivity index (χ1n) is 13.7. The molecule has 2 fully saturated rings. The molecule has 1 saturated carbocycles. The number of carboxylic acids is 1. The number of rotatable bonds is 6. The topological polar surface area (TPSA) is 106 Å². The minimum atomic E-state index is -0.885. The van der Waals surface area contributed by atoms with Crippen molar-refractivity contribution in [1.29, 1.82) is 5.26 Å². The number of piperidine rings is 1. The molecule has 196 valence electrons. The Morgan fingerprint density at radius 3 is 2.37 bits per heavy atom. The molecule has 5 rings (SSSR count). The second-order valence-electron chi connectivity index (χ2n) is 10.8. The first-order valence-corrected chi connectivity index (χ1v) is 13.7. The second-order valence-corrected chi connectivity index (χ2v) is 10.8. The van der Waals surface area contributed by atoms with Crippen molar-refractivity contribution in [3.63, 3.8) is 0 Å². The van der Waals surface area contributed by atoms with E-state index in [0.717, 1.165) is 60.9 Å². The van der Waals surface area contributed by atoms with Gasteiger partial charge in [-0.3, -0.25) is 9.59 Å². The number of carbonyl (C=O) groups excluding carboxylic acids is 1. The van der Waals surface area contributed by atoms with Gasteiger partial charge in [-0.15, -0.1) is 0 Å². The number of likely N-dealkylation sites (tertiary alicyclic amines) is 1. The van der Waals surface area contributed by atoms with Crippen molar-refractivity contribution >= 4 is 23.3 Å². The number of nitriles is 1. The number of aryl methyl sites for hydroxylation is 1. The molecule has 0 radical (unpaired) electrons. The predicted octanol–water partition coefficient (Wildman–Crippen LogP) is 5.96. The van der Waals surface area contributed by atoms with Crippen LogP contribution in [0.5, 0.6) is 0 Å². The van der Waals surface area contributed by atoms with Crippen LogP contribution in [0.15, 0.2) is 46.6 Å². The molecule has 38 heavy (non-hydrogen) atoms. The standard InChI is InChI=1S/C31H34N4O3/c1-20-16-27(24-4-2-5-24)28(29-7-3-6-25(33-34-29)17-30(36)37)18-26(20)31(38)35-14-12-23(13-15-35)22-10-8-21(19-32)9-11-22/h8-11,16,18,23-24H,2-7,12-15,17H2,1H3,(H,36,37). The predicted molar refractivity (Wildman–Crippen MR) is 147 cm³/mol. The molecule has 1 saturated heterocycles. The molecule has 1 aliphatic carbocycles. The molecular weight excluding hydrogens is 476 g/mol. The first kappa shape index (κ1) is 25.8. The number of aliphatic carboxylic acids is 1. The average Bonchev–Trinajstić information content (AvgIpc) is 3.13. The summed E-state index contributed by atoms with van der Waals surface area (Å²) in [6, 6.07) is 14.2. The maximum Gasteiger partial charge on any atom is 0.309 e. The second kappa shape index (κ2) is 11.3. The van der Waals surface area contributed by atoms with Crippen LogP contribution in [-0.4, -0.2) is 46.4 Å². The van der Waals surface area contributed by atoms with E-state index in [1.165, 1.54) is 17.5 Å². The normalized spacial score (nSPS) is 18.6. The molecule has 0 atom stereocenters. The Bertz CT molecular complexity index is 1320. The molecule has 0 unspecified atom stereocenters. The van der Waals surface area contributed by atoms with Crippen LogP contribution in [0.2, 0.25) is 0 Å². The van der Waals surface area contributed by atoms with E-state index in [2.05, 4.69) is 22.3 Å². The van der Waals surface area contributed by atoms with Crippen LogP contribution in [0.3, 0.4) is 0 Å². The fourth-order valence-electron chi connectivity index (χ4n) is 5.86. The van der Waals surface area contributed by atoms with Gasteiger partial charge in [0.05, 0.1) is 29.5 Å². The number of hydrogen-bond acceptors (Lipinski definition) is 5. The van der Waals surface area contributed by atoms with Crippen LogP contribution in [0.4, 0.5) is 0 Å². The van der Waals surface area contributed by atoms with E-state index in [1.54, 1.807) is 0 Å².